The van der Waals surface area contributed by atoms with Gasteiger partial charge in [-0.25, -0.2) is 9.97 Å². The van der Waals surface area contributed by atoms with E-state index in [1.54, 1.807) is 0 Å². The molecule has 88 valence electrons. The first-order chi connectivity index (χ1) is 8.31. The summed E-state index contributed by atoms with van der Waals surface area (Å²) in [6.07, 6.45) is 4.73. The molecule has 0 aromatic carbocycles. The van der Waals surface area contributed by atoms with Crippen LogP contribution in [0.25, 0.3) is 11.2 Å². The fourth-order valence-corrected chi connectivity index (χ4v) is 2.53. The second kappa shape index (κ2) is 3.53. The van der Waals surface area contributed by atoms with E-state index in [1.807, 2.05) is 12.3 Å². The fraction of sp³-hybridized carbons (Fsp3) is 0.500. The van der Waals surface area contributed by atoms with E-state index in [4.69, 9.17) is 9.72 Å². The third-order valence-corrected chi connectivity index (χ3v) is 3.75. The molecule has 0 bridgehead atoms. The highest BCUT2D eigenvalue weighted by molar-refractivity contribution is 9.10. The minimum atomic E-state index is 0.371. The fourth-order valence-electron chi connectivity index (χ4n) is 2.21. The largest absolute Gasteiger partial charge is 0.371 e. The molecule has 2 aromatic heterocycles. The highest BCUT2D eigenvalue weighted by atomic mass is 79.9. The topological polar surface area (TPSA) is 43.2 Å². The number of fused-ring (bicyclic) bond motifs is 1. The highest BCUT2D eigenvalue weighted by Gasteiger charge is 2.32. The molecule has 0 N–H and O–H groups in total. The van der Waals surface area contributed by atoms with Crippen molar-refractivity contribution in [2.75, 3.05) is 6.61 Å². The lowest BCUT2D eigenvalue weighted by Gasteiger charge is -2.05. The van der Waals surface area contributed by atoms with E-state index in [0.717, 1.165) is 28.8 Å². The van der Waals surface area contributed by atoms with Gasteiger partial charge in [-0.1, -0.05) is 0 Å². The number of halogens is 1. The first-order valence-electron chi connectivity index (χ1n) is 5.94. The summed E-state index contributed by atoms with van der Waals surface area (Å²) in [5.41, 5.74) is 1.98. The smallest absolute Gasteiger partial charge is 0.160 e. The third kappa shape index (κ3) is 1.77. The van der Waals surface area contributed by atoms with Crippen LogP contribution in [-0.4, -0.2) is 27.2 Å². The van der Waals surface area contributed by atoms with Gasteiger partial charge >= 0.3 is 0 Å². The monoisotopic (exact) mass is 293 g/mol. The number of rotatable bonds is 3. The summed E-state index contributed by atoms with van der Waals surface area (Å²) in [6.45, 7) is 1.78. The predicted molar refractivity (Wildman–Crippen MR) is 66.9 cm³/mol. The van der Waals surface area contributed by atoms with Crippen LogP contribution in [0, 0.1) is 0 Å². The van der Waals surface area contributed by atoms with Crippen molar-refractivity contribution in [1.29, 1.82) is 0 Å². The van der Waals surface area contributed by atoms with Crippen LogP contribution in [-0.2, 0) is 11.3 Å². The Morgan fingerprint density at radius 3 is 3.00 bits per heavy atom. The molecule has 4 rings (SSSR count). The maximum atomic E-state index is 5.32. The summed E-state index contributed by atoms with van der Waals surface area (Å²) >= 11 is 3.45. The minimum absolute atomic E-state index is 0.371. The number of ether oxygens (including phenoxy) is 1. The van der Waals surface area contributed by atoms with Crippen LogP contribution in [0.5, 0.6) is 0 Å². The summed E-state index contributed by atoms with van der Waals surface area (Å²) in [6, 6.07) is 2.04. The van der Waals surface area contributed by atoms with Crippen LogP contribution in [0.4, 0.5) is 0 Å². The standard InChI is InChI=1S/C12H12BrN3O/c13-8-3-10-12(14-4-8)16(5-9-6-17-9)11(15-10)7-1-2-7/h3-4,7,9H,1-2,5-6H2/t9-/m0/s1. The molecule has 2 aliphatic rings. The number of hydrogen-bond donors (Lipinski definition) is 0. The van der Waals surface area contributed by atoms with Gasteiger partial charge in [0.05, 0.1) is 19.3 Å². The number of hydrogen-bond acceptors (Lipinski definition) is 3. The van der Waals surface area contributed by atoms with Crippen molar-refractivity contribution in [3.05, 3.63) is 22.6 Å². The van der Waals surface area contributed by atoms with E-state index in [1.165, 1.54) is 18.7 Å². The van der Waals surface area contributed by atoms with Crippen LogP contribution in [0.3, 0.4) is 0 Å². The molecule has 0 spiro atoms. The van der Waals surface area contributed by atoms with Gasteiger partial charge in [-0.2, -0.15) is 0 Å². The number of epoxide rings is 1. The molecule has 17 heavy (non-hydrogen) atoms. The molecular weight excluding hydrogens is 282 g/mol. The zero-order chi connectivity index (χ0) is 11.4. The van der Waals surface area contributed by atoms with E-state index in [0.29, 0.717) is 12.0 Å². The number of pyridine rings is 1. The molecule has 1 saturated heterocycles. The average Bonchev–Trinajstić information content (AvgIpc) is 3.19. The molecule has 0 unspecified atom stereocenters. The van der Waals surface area contributed by atoms with Crippen molar-refractivity contribution in [3.8, 4) is 0 Å². The molecular formula is C12H12BrN3O. The van der Waals surface area contributed by atoms with Crippen LogP contribution in [0.15, 0.2) is 16.7 Å². The van der Waals surface area contributed by atoms with Crippen LogP contribution in [0.2, 0.25) is 0 Å². The molecule has 0 amide bonds. The highest BCUT2D eigenvalue weighted by Crippen LogP contribution is 2.41. The Morgan fingerprint density at radius 1 is 1.47 bits per heavy atom. The predicted octanol–water partition coefficient (Wildman–Crippen LogP) is 2.47. The Morgan fingerprint density at radius 2 is 2.29 bits per heavy atom. The Hall–Kier alpha value is -0.940. The molecule has 1 saturated carbocycles. The van der Waals surface area contributed by atoms with Crippen molar-refractivity contribution < 1.29 is 4.74 Å². The molecule has 4 nitrogen and oxygen atoms in total. The van der Waals surface area contributed by atoms with E-state index < -0.39 is 0 Å². The van der Waals surface area contributed by atoms with Crippen LogP contribution in [0.1, 0.15) is 24.6 Å². The zero-order valence-corrected chi connectivity index (χ0v) is 10.9. The molecule has 2 fully saturated rings. The lowest BCUT2D eigenvalue weighted by molar-refractivity contribution is 0.382. The summed E-state index contributed by atoms with van der Waals surface area (Å²) in [7, 11) is 0. The molecule has 0 radical (unpaired) electrons. The van der Waals surface area contributed by atoms with E-state index in [-0.39, 0.29) is 0 Å². The van der Waals surface area contributed by atoms with Crippen LogP contribution < -0.4 is 0 Å². The maximum Gasteiger partial charge on any atom is 0.160 e. The van der Waals surface area contributed by atoms with E-state index in [2.05, 4.69) is 25.5 Å². The number of nitrogens with zero attached hydrogens (tertiary/aromatic N) is 3. The summed E-state index contributed by atoms with van der Waals surface area (Å²) in [5, 5.41) is 0. The molecule has 1 aliphatic heterocycles. The second-order valence-electron chi connectivity index (χ2n) is 4.81. The summed E-state index contributed by atoms with van der Waals surface area (Å²) in [5.74, 6) is 1.84. The van der Waals surface area contributed by atoms with Gasteiger partial charge < -0.3 is 9.30 Å². The van der Waals surface area contributed by atoms with Gasteiger partial charge in [0.1, 0.15) is 11.3 Å². The SMILES string of the molecule is Brc1cnc2c(c1)nc(C1CC1)n2C[C@H]1CO1. The second-order valence-corrected chi connectivity index (χ2v) is 5.72. The Balaban J connectivity index is 1.88. The van der Waals surface area contributed by atoms with Gasteiger partial charge in [0.15, 0.2) is 5.65 Å². The maximum absolute atomic E-state index is 5.32. The Bertz CT molecular complexity index is 587. The number of aromatic nitrogens is 3. The molecule has 5 heteroatoms. The average molecular weight is 294 g/mol. The quantitative estimate of drug-likeness (QED) is 0.817. The van der Waals surface area contributed by atoms with Gasteiger partial charge in [0.2, 0.25) is 0 Å². The number of imidazole rings is 1. The van der Waals surface area contributed by atoms with E-state index in [9.17, 15) is 0 Å². The third-order valence-electron chi connectivity index (χ3n) is 3.31. The van der Waals surface area contributed by atoms with Crippen LogP contribution >= 0.6 is 15.9 Å². The van der Waals surface area contributed by atoms with Gasteiger partial charge in [0, 0.05) is 16.6 Å². The first kappa shape index (κ1) is 10.0. The lowest BCUT2D eigenvalue weighted by Crippen LogP contribution is -2.08. The van der Waals surface area contributed by atoms with Crippen molar-refractivity contribution in [2.45, 2.75) is 31.4 Å². The summed E-state index contributed by atoms with van der Waals surface area (Å²) < 4.78 is 8.56. The summed E-state index contributed by atoms with van der Waals surface area (Å²) in [4.78, 5) is 9.22. The van der Waals surface area contributed by atoms with Crippen molar-refractivity contribution in [1.82, 2.24) is 14.5 Å². The molecule has 1 aliphatic carbocycles. The van der Waals surface area contributed by atoms with Crippen molar-refractivity contribution in [3.63, 3.8) is 0 Å². The van der Waals surface area contributed by atoms with Gasteiger partial charge in [-0.3, -0.25) is 0 Å². The lowest BCUT2D eigenvalue weighted by atomic mass is 10.3. The normalized spacial score (nSPS) is 23.2. The minimum Gasteiger partial charge on any atom is -0.371 e. The van der Waals surface area contributed by atoms with Gasteiger partial charge in [0.25, 0.3) is 0 Å². The first-order valence-corrected chi connectivity index (χ1v) is 6.74. The van der Waals surface area contributed by atoms with Crippen molar-refractivity contribution in [2.24, 2.45) is 0 Å². The molecule has 1 atom stereocenters. The zero-order valence-electron chi connectivity index (χ0n) is 9.27. The Labute approximate surface area is 107 Å². The van der Waals surface area contributed by atoms with Crippen molar-refractivity contribution >= 4 is 27.1 Å². The van der Waals surface area contributed by atoms with Gasteiger partial charge in [-0.05, 0) is 34.8 Å². The van der Waals surface area contributed by atoms with E-state index >= 15 is 0 Å². The molecule has 2 aromatic rings. The Kier molecular flexibility index (Phi) is 2.08. The molecule has 3 heterocycles. The van der Waals surface area contributed by atoms with Gasteiger partial charge in [-0.15, -0.1) is 0 Å².